The van der Waals surface area contributed by atoms with Crippen molar-refractivity contribution in [3.63, 3.8) is 0 Å². The number of hydrogen-bond donors (Lipinski definition) is 1. The van der Waals surface area contributed by atoms with E-state index < -0.39 is 18.5 Å². The highest BCUT2D eigenvalue weighted by atomic mass is 35.5. The normalized spacial score (nSPS) is 10.4. The number of amides is 1. The molecule has 0 atom stereocenters. The van der Waals surface area contributed by atoms with Crippen LogP contribution in [0.15, 0.2) is 103 Å². The van der Waals surface area contributed by atoms with Crippen LogP contribution < -0.4 is 5.32 Å². The number of carbonyl (C=O) groups is 3. The molecule has 0 saturated carbocycles. The molecule has 4 aromatic carbocycles. The lowest BCUT2D eigenvalue weighted by Crippen LogP contribution is -2.22. The van der Waals surface area contributed by atoms with Gasteiger partial charge in [0.05, 0.1) is 11.3 Å². The Bertz CT molecular complexity index is 1320. The quantitative estimate of drug-likeness (QED) is 0.265. The zero-order valence-electron chi connectivity index (χ0n) is 18.0. The van der Waals surface area contributed by atoms with Crippen LogP contribution in [0.1, 0.15) is 26.3 Å². The van der Waals surface area contributed by atoms with Crippen molar-refractivity contribution in [3.05, 3.63) is 125 Å². The van der Waals surface area contributed by atoms with Crippen LogP contribution in [0.2, 0.25) is 5.02 Å². The minimum Gasteiger partial charge on any atom is -0.452 e. The molecule has 0 unspecified atom stereocenters. The van der Waals surface area contributed by atoms with E-state index in [2.05, 4.69) is 5.32 Å². The molecule has 0 saturated heterocycles. The molecule has 34 heavy (non-hydrogen) atoms. The van der Waals surface area contributed by atoms with E-state index in [-0.39, 0.29) is 17.0 Å². The molecular weight excluding hydrogens is 450 g/mol. The van der Waals surface area contributed by atoms with E-state index in [0.717, 1.165) is 11.1 Å². The summed E-state index contributed by atoms with van der Waals surface area (Å²) < 4.78 is 5.15. The number of ether oxygens (including phenoxy) is 1. The number of hydrogen-bond acceptors (Lipinski definition) is 4. The number of benzene rings is 4. The number of esters is 1. The summed E-state index contributed by atoms with van der Waals surface area (Å²) in [6.07, 6.45) is 0. The maximum Gasteiger partial charge on any atom is 0.338 e. The average molecular weight is 470 g/mol. The first-order valence-electron chi connectivity index (χ1n) is 10.5. The summed E-state index contributed by atoms with van der Waals surface area (Å²) in [7, 11) is 0. The number of halogens is 1. The summed E-state index contributed by atoms with van der Waals surface area (Å²) in [5.74, 6) is -1.47. The van der Waals surface area contributed by atoms with E-state index in [1.54, 1.807) is 54.6 Å². The fourth-order valence-electron chi connectivity index (χ4n) is 3.39. The molecule has 1 N–H and O–H groups in total. The summed E-state index contributed by atoms with van der Waals surface area (Å²) in [6.45, 7) is -0.499. The van der Waals surface area contributed by atoms with Gasteiger partial charge in [0.15, 0.2) is 12.4 Å². The molecule has 0 aliphatic heterocycles. The summed E-state index contributed by atoms with van der Waals surface area (Å²) in [5, 5.41) is 2.99. The van der Waals surface area contributed by atoms with Crippen molar-refractivity contribution in [1.29, 1.82) is 0 Å². The van der Waals surface area contributed by atoms with Gasteiger partial charge in [-0.1, -0.05) is 84.4 Å². The van der Waals surface area contributed by atoms with E-state index in [9.17, 15) is 14.4 Å². The van der Waals surface area contributed by atoms with Gasteiger partial charge in [0.1, 0.15) is 0 Å². The fraction of sp³-hybridized carbons (Fsp3) is 0.0357. The lowest BCUT2D eigenvalue weighted by Gasteiger charge is -2.12. The number of carbonyl (C=O) groups excluding carboxylic acids is 3. The maximum atomic E-state index is 12.9. The zero-order valence-corrected chi connectivity index (χ0v) is 18.8. The second-order valence-electron chi connectivity index (χ2n) is 7.45. The molecule has 0 spiro atoms. The predicted octanol–water partition coefficient (Wildman–Crippen LogP) is 6.03. The Morgan fingerprint density at radius 2 is 1.32 bits per heavy atom. The largest absolute Gasteiger partial charge is 0.452 e. The smallest absolute Gasteiger partial charge is 0.338 e. The second kappa shape index (κ2) is 10.6. The van der Waals surface area contributed by atoms with Crippen LogP contribution in [0.25, 0.3) is 11.1 Å². The number of ketones is 1. The van der Waals surface area contributed by atoms with E-state index in [1.807, 2.05) is 42.5 Å². The molecule has 0 aliphatic rings. The molecule has 1 amide bonds. The van der Waals surface area contributed by atoms with E-state index >= 15 is 0 Å². The molecule has 4 aromatic rings. The van der Waals surface area contributed by atoms with Gasteiger partial charge in [0.25, 0.3) is 5.91 Å². The first-order chi connectivity index (χ1) is 16.5. The van der Waals surface area contributed by atoms with Gasteiger partial charge in [-0.15, -0.1) is 0 Å². The average Bonchev–Trinajstić information content (AvgIpc) is 2.89. The number of anilines is 1. The predicted molar refractivity (Wildman–Crippen MR) is 132 cm³/mol. The van der Waals surface area contributed by atoms with E-state index in [4.69, 9.17) is 16.3 Å². The SMILES string of the molecule is O=C(COC(=O)c1ccc(-c2ccccc2)cc1)Nc1ccc(Cl)cc1C(=O)c1ccccc1. The minimum atomic E-state index is -0.619. The highest BCUT2D eigenvalue weighted by Gasteiger charge is 2.17. The van der Waals surface area contributed by atoms with Crippen LogP contribution in [-0.4, -0.2) is 24.3 Å². The monoisotopic (exact) mass is 469 g/mol. The van der Waals surface area contributed by atoms with Gasteiger partial charge in [-0.3, -0.25) is 9.59 Å². The van der Waals surface area contributed by atoms with Crippen molar-refractivity contribution in [3.8, 4) is 11.1 Å². The third kappa shape index (κ3) is 5.57. The molecule has 6 heteroatoms. The maximum absolute atomic E-state index is 12.9. The van der Waals surface area contributed by atoms with Crippen LogP contribution in [-0.2, 0) is 9.53 Å². The Hall–Kier alpha value is -4.22. The topological polar surface area (TPSA) is 72.5 Å². The van der Waals surface area contributed by atoms with Gasteiger partial charge in [0, 0.05) is 16.1 Å². The summed E-state index contributed by atoms with van der Waals surface area (Å²) in [4.78, 5) is 37.7. The Balaban J connectivity index is 1.40. The van der Waals surface area contributed by atoms with Crippen LogP contribution in [0.5, 0.6) is 0 Å². The Morgan fingerprint density at radius 1 is 0.706 bits per heavy atom. The molecule has 168 valence electrons. The number of nitrogens with one attached hydrogen (secondary N) is 1. The summed E-state index contributed by atoms with van der Waals surface area (Å²) in [6, 6.07) is 30.0. The van der Waals surface area contributed by atoms with Crippen molar-refractivity contribution in [2.45, 2.75) is 0 Å². The van der Waals surface area contributed by atoms with Gasteiger partial charge in [0.2, 0.25) is 0 Å². The third-order valence-electron chi connectivity index (χ3n) is 5.10. The molecule has 0 aromatic heterocycles. The van der Waals surface area contributed by atoms with E-state index in [1.165, 1.54) is 6.07 Å². The van der Waals surface area contributed by atoms with Gasteiger partial charge < -0.3 is 10.1 Å². The van der Waals surface area contributed by atoms with E-state index in [0.29, 0.717) is 16.1 Å². The molecule has 0 aliphatic carbocycles. The first-order valence-corrected chi connectivity index (χ1v) is 10.9. The van der Waals surface area contributed by atoms with Gasteiger partial charge in [-0.25, -0.2) is 4.79 Å². The lowest BCUT2D eigenvalue weighted by atomic mass is 10.0. The Labute approximate surface area is 202 Å². The fourth-order valence-corrected chi connectivity index (χ4v) is 3.56. The van der Waals surface area contributed by atoms with Crippen molar-refractivity contribution in [2.75, 3.05) is 11.9 Å². The van der Waals surface area contributed by atoms with Crippen LogP contribution >= 0.6 is 11.6 Å². The molecule has 0 radical (unpaired) electrons. The van der Waals surface area contributed by atoms with Gasteiger partial charge in [-0.2, -0.15) is 0 Å². The molecule has 0 heterocycles. The van der Waals surface area contributed by atoms with Gasteiger partial charge >= 0.3 is 5.97 Å². The Morgan fingerprint density at radius 3 is 2.00 bits per heavy atom. The van der Waals surface area contributed by atoms with Crippen molar-refractivity contribution < 1.29 is 19.1 Å². The number of rotatable bonds is 7. The minimum absolute atomic E-state index is 0.245. The van der Waals surface area contributed by atoms with Crippen LogP contribution in [0.4, 0.5) is 5.69 Å². The Kier molecular flexibility index (Phi) is 7.16. The first kappa shape index (κ1) is 23.0. The zero-order chi connectivity index (χ0) is 23.9. The van der Waals surface area contributed by atoms with Crippen LogP contribution in [0.3, 0.4) is 0 Å². The second-order valence-corrected chi connectivity index (χ2v) is 7.89. The summed E-state index contributed by atoms with van der Waals surface area (Å²) >= 11 is 6.07. The van der Waals surface area contributed by atoms with Crippen molar-refractivity contribution in [2.24, 2.45) is 0 Å². The van der Waals surface area contributed by atoms with Crippen molar-refractivity contribution >= 4 is 34.9 Å². The van der Waals surface area contributed by atoms with Crippen molar-refractivity contribution in [1.82, 2.24) is 0 Å². The molecular formula is C28H20ClNO4. The van der Waals surface area contributed by atoms with Crippen LogP contribution in [0, 0.1) is 0 Å². The molecule has 0 fully saturated rings. The molecule has 5 nitrogen and oxygen atoms in total. The highest BCUT2D eigenvalue weighted by Crippen LogP contribution is 2.24. The summed E-state index contributed by atoms with van der Waals surface area (Å²) in [5.41, 5.74) is 3.32. The lowest BCUT2D eigenvalue weighted by molar-refractivity contribution is -0.119. The third-order valence-corrected chi connectivity index (χ3v) is 5.33. The molecule has 0 bridgehead atoms. The van der Waals surface area contributed by atoms with Gasteiger partial charge in [-0.05, 0) is 41.5 Å². The highest BCUT2D eigenvalue weighted by molar-refractivity contribution is 6.31. The standard InChI is InChI=1S/C28H20ClNO4/c29-23-15-16-25(24(17-23)27(32)21-9-5-2-6-10-21)30-26(31)18-34-28(33)22-13-11-20(12-14-22)19-7-3-1-4-8-19/h1-17H,18H2,(H,30,31). The molecule has 4 rings (SSSR count).